The van der Waals surface area contributed by atoms with E-state index in [1.807, 2.05) is 25.1 Å². The molecule has 0 bridgehead atoms. The third-order valence-electron chi connectivity index (χ3n) is 3.57. The molecule has 2 rings (SSSR count). The molecule has 0 aliphatic carbocycles. The first-order valence-corrected chi connectivity index (χ1v) is 8.21. The Morgan fingerprint density at radius 2 is 1.76 bits per heavy atom. The molecule has 0 saturated heterocycles. The van der Waals surface area contributed by atoms with E-state index in [0.717, 1.165) is 11.3 Å². The molecule has 0 atom stereocenters. The van der Waals surface area contributed by atoms with Gasteiger partial charge in [0.15, 0.2) is 0 Å². The first-order valence-electron chi connectivity index (χ1n) is 8.21. The number of benzene rings is 2. The molecule has 0 radical (unpaired) electrons. The molecule has 0 heterocycles. The van der Waals surface area contributed by atoms with Gasteiger partial charge in [-0.15, -0.1) is 0 Å². The van der Waals surface area contributed by atoms with Crippen LogP contribution in [0, 0.1) is 0 Å². The van der Waals surface area contributed by atoms with Gasteiger partial charge in [-0.1, -0.05) is 18.2 Å². The number of nitrogens with one attached hydrogen (secondary N) is 2. The van der Waals surface area contributed by atoms with Crippen molar-refractivity contribution in [3.8, 4) is 5.75 Å². The van der Waals surface area contributed by atoms with Gasteiger partial charge in [-0.05, 0) is 49.2 Å². The Hall–Kier alpha value is -3.02. The number of rotatable bonds is 8. The molecule has 0 aliphatic rings. The van der Waals surface area contributed by atoms with Crippen LogP contribution in [0.25, 0.3) is 0 Å². The van der Waals surface area contributed by atoms with Crippen LogP contribution in [0.1, 0.15) is 18.9 Å². The van der Waals surface area contributed by atoms with Crippen molar-refractivity contribution in [2.24, 2.45) is 0 Å². The van der Waals surface area contributed by atoms with Crippen LogP contribution in [-0.2, 0) is 16.0 Å². The van der Waals surface area contributed by atoms with E-state index in [2.05, 4.69) is 10.6 Å². The lowest BCUT2D eigenvalue weighted by atomic mass is 10.1. The predicted molar refractivity (Wildman–Crippen MR) is 98.4 cm³/mol. The second-order valence-electron chi connectivity index (χ2n) is 5.48. The summed E-state index contributed by atoms with van der Waals surface area (Å²) >= 11 is 0. The summed E-state index contributed by atoms with van der Waals surface area (Å²) in [6.45, 7) is 2.42. The molecule has 0 spiro atoms. The second kappa shape index (κ2) is 9.32. The summed E-state index contributed by atoms with van der Waals surface area (Å²) in [5, 5.41) is 5.33. The average molecular weight is 341 g/mol. The van der Waals surface area contributed by atoms with Crippen molar-refractivity contribution in [2.45, 2.75) is 19.8 Å². The molecule has 0 saturated carbocycles. The smallest absolute Gasteiger partial charge is 0.243 e. The Balaban J connectivity index is 1.72. The van der Waals surface area contributed by atoms with Crippen molar-refractivity contribution in [2.75, 3.05) is 24.2 Å². The number of carbonyl (C=O) groups excluding carboxylic acids is 2. The lowest BCUT2D eigenvalue weighted by Crippen LogP contribution is -2.33. The minimum absolute atomic E-state index is 0.0731. The summed E-state index contributed by atoms with van der Waals surface area (Å²) in [5.41, 5.74) is 8.09. The highest BCUT2D eigenvalue weighted by atomic mass is 16.5. The zero-order chi connectivity index (χ0) is 18.1. The molecule has 6 nitrogen and oxygen atoms in total. The average Bonchev–Trinajstić information content (AvgIpc) is 2.61. The summed E-state index contributed by atoms with van der Waals surface area (Å²) in [7, 11) is 0. The molecule has 4 N–H and O–H groups in total. The van der Waals surface area contributed by atoms with Crippen LogP contribution >= 0.6 is 0 Å². The number of hydrogen-bond acceptors (Lipinski definition) is 4. The zero-order valence-electron chi connectivity index (χ0n) is 14.2. The highest BCUT2D eigenvalue weighted by Crippen LogP contribution is 2.15. The van der Waals surface area contributed by atoms with Crippen molar-refractivity contribution in [3.05, 3.63) is 54.1 Å². The van der Waals surface area contributed by atoms with E-state index in [1.165, 1.54) is 0 Å². The van der Waals surface area contributed by atoms with Crippen molar-refractivity contribution in [3.63, 3.8) is 0 Å². The summed E-state index contributed by atoms with van der Waals surface area (Å²) < 4.78 is 5.34. The van der Waals surface area contributed by atoms with E-state index in [1.54, 1.807) is 30.3 Å². The van der Waals surface area contributed by atoms with E-state index in [0.29, 0.717) is 24.4 Å². The van der Waals surface area contributed by atoms with Crippen molar-refractivity contribution >= 4 is 23.2 Å². The molecule has 0 unspecified atom stereocenters. The number of anilines is 2. The first kappa shape index (κ1) is 18.3. The van der Waals surface area contributed by atoms with E-state index >= 15 is 0 Å². The monoisotopic (exact) mass is 341 g/mol. The van der Waals surface area contributed by atoms with Gasteiger partial charge in [-0.2, -0.15) is 0 Å². The van der Waals surface area contributed by atoms with Gasteiger partial charge in [0.1, 0.15) is 5.75 Å². The van der Waals surface area contributed by atoms with Gasteiger partial charge in [0.25, 0.3) is 0 Å². The van der Waals surface area contributed by atoms with Gasteiger partial charge < -0.3 is 21.1 Å². The Morgan fingerprint density at radius 3 is 2.44 bits per heavy atom. The maximum atomic E-state index is 11.9. The first-order chi connectivity index (χ1) is 12.1. The molecule has 0 fully saturated rings. The number of nitrogen functional groups attached to an aromatic ring is 1. The maximum Gasteiger partial charge on any atom is 0.243 e. The van der Waals surface area contributed by atoms with Crippen LogP contribution in [0.4, 0.5) is 11.4 Å². The Kier molecular flexibility index (Phi) is 6.83. The largest absolute Gasteiger partial charge is 0.494 e. The van der Waals surface area contributed by atoms with Crippen LogP contribution in [0.3, 0.4) is 0 Å². The lowest BCUT2D eigenvalue weighted by Gasteiger charge is -2.09. The predicted octanol–water partition coefficient (Wildman–Crippen LogP) is 2.36. The van der Waals surface area contributed by atoms with Gasteiger partial charge in [-0.3, -0.25) is 9.59 Å². The maximum absolute atomic E-state index is 11.9. The quantitative estimate of drug-likeness (QED) is 0.643. The van der Waals surface area contributed by atoms with Crippen LogP contribution in [0.2, 0.25) is 0 Å². The van der Waals surface area contributed by atoms with Gasteiger partial charge in [0, 0.05) is 17.8 Å². The normalized spacial score (nSPS) is 10.1. The summed E-state index contributed by atoms with van der Waals surface area (Å²) in [6, 6.07) is 14.5. The second-order valence-corrected chi connectivity index (χ2v) is 5.48. The summed E-state index contributed by atoms with van der Waals surface area (Å²) in [4.78, 5) is 23.7. The Labute approximate surface area is 147 Å². The van der Waals surface area contributed by atoms with Crippen LogP contribution < -0.4 is 21.1 Å². The minimum Gasteiger partial charge on any atom is -0.494 e. The number of nitrogens with two attached hydrogens (primary N) is 1. The van der Waals surface area contributed by atoms with E-state index in [-0.39, 0.29) is 24.8 Å². The van der Waals surface area contributed by atoms with Crippen molar-refractivity contribution in [1.29, 1.82) is 0 Å². The number of ether oxygens (including phenoxy) is 1. The number of aryl methyl sites for hydroxylation is 1. The van der Waals surface area contributed by atoms with Crippen LogP contribution in [0.5, 0.6) is 5.75 Å². The van der Waals surface area contributed by atoms with E-state index < -0.39 is 0 Å². The molecule has 6 heteroatoms. The fraction of sp³-hybridized carbons (Fsp3) is 0.263. The standard InChI is InChI=1S/C19H23N3O3/c1-2-25-16-10-8-15(9-11-16)22-19(24)13-21-18(23)12-7-14-5-3-4-6-17(14)20/h3-6,8-11H,2,7,12-13,20H2,1H3,(H,21,23)(H,22,24). The molecule has 0 aromatic heterocycles. The molecular formula is C19H23N3O3. The fourth-order valence-electron chi connectivity index (χ4n) is 2.28. The van der Waals surface area contributed by atoms with Gasteiger partial charge in [-0.25, -0.2) is 0 Å². The van der Waals surface area contributed by atoms with E-state index in [9.17, 15) is 9.59 Å². The number of hydrogen-bond donors (Lipinski definition) is 3. The van der Waals surface area contributed by atoms with Crippen LogP contribution in [-0.4, -0.2) is 25.0 Å². The third kappa shape index (κ3) is 6.18. The van der Waals surface area contributed by atoms with Crippen LogP contribution in [0.15, 0.2) is 48.5 Å². The molecule has 2 amide bonds. The molecular weight excluding hydrogens is 318 g/mol. The van der Waals surface area contributed by atoms with Crippen molar-refractivity contribution < 1.29 is 14.3 Å². The topological polar surface area (TPSA) is 93.5 Å². The molecule has 25 heavy (non-hydrogen) atoms. The van der Waals surface area contributed by atoms with Gasteiger partial charge in [0.05, 0.1) is 13.2 Å². The Bertz CT molecular complexity index is 714. The minimum atomic E-state index is -0.281. The SMILES string of the molecule is CCOc1ccc(NC(=O)CNC(=O)CCc2ccccc2N)cc1. The number of para-hydroxylation sites is 1. The molecule has 2 aromatic carbocycles. The molecule has 2 aromatic rings. The number of carbonyl (C=O) groups is 2. The van der Waals surface area contributed by atoms with Crippen molar-refractivity contribution in [1.82, 2.24) is 5.32 Å². The molecule has 0 aliphatic heterocycles. The third-order valence-corrected chi connectivity index (χ3v) is 3.57. The fourth-order valence-corrected chi connectivity index (χ4v) is 2.28. The number of amides is 2. The van der Waals surface area contributed by atoms with E-state index in [4.69, 9.17) is 10.5 Å². The summed E-state index contributed by atoms with van der Waals surface area (Å²) in [6.07, 6.45) is 0.823. The highest BCUT2D eigenvalue weighted by Gasteiger charge is 2.07. The molecule has 132 valence electrons. The Morgan fingerprint density at radius 1 is 1.04 bits per heavy atom. The van der Waals surface area contributed by atoms with Gasteiger partial charge in [0.2, 0.25) is 11.8 Å². The summed E-state index contributed by atoms with van der Waals surface area (Å²) in [5.74, 6) is 0.274. The highest BCUT2D eigenvalue weighted by molar-refractivity contribution is 5.94. The lowest BCUT2D eigenvalue weighted by molar-refractivity contribution is -0.124. The zero-order valence-corrected chi connectivity index (χ0v) is 14.2. The van der Waals surface area contributed by atoms with Gasteiger partial charge >= 0.3 is 0 Å².